The quantitative estimate of drug-likeness (QED) is 0.583. The molecule has 0 aromatic heterocycles. The maximum absolute atomic E-state index is 6.37. The summed E-state index contributed by atoms with van der Waals surface area (Å²) in [6.45, 7) is 0. The Labute approximate surface area is 149 Å². The van der Waals surface area contributed by atoms with E-state index in [9.17, 15) is 0 Å². The van der Waals surface area contributed by atoms with Crippen LogP contribution in [0.3, 0.4) is 0 Å². The van der Waals surface area contributed by atoms with E-state index in [1.54, 1.807) is 7.11 Å². The first-order chi connectivity index (χ1) is 9.51. The third-order valence-corrected chi connectivity index (χ3v) is 5.01. The van der Waals surface area contributed by atoms with Crippen LogP contribution in [-0.2, 0) is 6.42 Å². The average molecular weight is 511 g/mol. The van der Waals surface area contributed by atoms with Crippen LogP contribution in [0, 0.1) is 3.57 Å². The van der Waals surface area contributed by atoms with Crippen LogP contribution in [0.25, 0.3) is 0 Å². The van der Waals surface area contributed by atoms with Gasteiger partial charge in [0.15, 0.2) is 0 Å². The summed E-state index contributed by atoms with van der Waals surface area (Å²) in [5, 5.41) is 0. The van der Waals surface area contributed by atoms with Gasteiger partial charge in [-0.1, -0.05) is 31.9 Å². The van der Waals surface area contributed by atoms with E-state index in [1.807, 2.05) is 18.2 Å². The minimum Gasteiger partial charge on any atom is -0.496 e. The van der Waals surface area contributed by atoms with Crippen molar-refractivity contribution in [2.24, 2.45) is 5.73 Å². The number of nitrogens with two attached hydrogens (primary N) is 1. The van der Waals surface area contributed by atoms with Crippen molar-refractivity contribution in [3.63, 3.8) is 0 Å². The lowest BCUT2D eigenvalue weighted by Crippen LogP contribution is -2.15. The predicted octanol–water partition coefficient (Wildman–Crippen LogP) is 5.07. The molecule has 2 rings (SSSR count). The highest BCUT2D eigenvalue weighted by Crippen LogP contribution is 2.29. The van der Waals surface area contributed by atoms with Crippen LogP contribution < -0.4 is 10.5 Å². The molecular formula is C15H14Br2INO. The molecule has 2 aromatic carbocycles. The highest BCUT2D eigenvalue weighted by molar-refractivity contribution is 14.1. The van der Waals surface area contributed by atoms with Crippen LogP contribution in [-0.4, -0.2) is 7.11 Å². The van der Waals surface area contributed by atoms with Crippen molar-refractivity contribution in [3.05, 3.63) is 60.0 Å². The van der Waals surface area contributed by atoms with Crippen molar-refractivity contribution < 1.29 is 4.74 Å². The molecule has 2 aromatic rings. The van der Waals surface area contributed by atoms with Crippen LogP contribution >= 0.6 is 54.5 Å². The molecule has 0 saturated heterocycles. The largest absolute Gasteiger partial charge is 0.496 e. The second kappa shape index (κ2) is 7.24. The van der Waals surface area contributed by atoms with Crippen molar-refractivity contribution in [1.82, 2.24) is 0 Å². The molecule has 20 heavy (non-hydrogen) atoms. The van der Waals surface area contributed by atoms with Gasteiger partial charge in [0.1, 0.15) is 5.75 Å². The van der Waals surface area contributed by atoms with Gasteiger partial charge >= 0.3 is 0 Å². The molecule has 0 saturated carbocycles. The molecule has 1 atom stereocenters. The average Bonchev–Trinajstić information content (AvgIpc) is 2.41. The van der Waals surface area contributed by atoms with Crippen molar-refractivity contribution in [2.45, 2.75) is 12.5 Å². The Kier molecular flexibility index (Phi) is 5.89. The van der Waals surface area contributed by atoms with Gasteiger partial charge in [0.05, 0.1) is 7.11 Å². The Morgan fingerprint density at radius 1 is 1.15 bits per heavy atom. The number of hydrogen-bond donors (Lipinski definition) is 1. The lowest BCUT2D eigenvalue weighted by Gasteiger charge is -2.16. The summed E-state index contributed by atoms with van der Waals surface area (Å²) >= 11 is 9.31. The van der Waals surface area contributed by atoms with E-state index in [0.29, 0.717) is 0 Å². The second-order valence-electron chi connectivity index (χ2n) is 4.43. The lowest BCUT2D eigenvalue weighted by molar-refractivity contribution is 0.408. The van der Waals surface area contributed by atoms with E-state index in [-0.39, 0.29) is 6.04 Å². The van der Waals surface area contributed by atoms with E-state index < -0.39 is 0 Å². The summed E-state index contributed by atoms with van der Waals surface area (Å²) in [6, 6.07) is 12.1. The lowest BCUT2D eigenvalue weighted by atomic mass is 9.99. The molecule has 0 heterocycles. The molecule has 0 spiro atoms. The number of halogens is 3. The van der Waals surface area contributed by atoms with E-state index >= 15 is 0 Å². The maximum Gasteiger partial charge on any atom is 0.122 e. The van der Waals surface area contributed by atoms with Gasteiger partial charge in [-0.15, -0.1) is 0 Å². The molecule has 0 radical (unpaired) electrons. The first kappa shape index (κ1) is 16.3. The van der Waals surface area contributed by atoms with Crippen LogP contribution in [0.4, 0.5) is 0 Å². The smallest absolute Gasteiger partial charge is 0.122 e. The van der Waals surface area contributed by atoms with Gasteiger partial charge in [-0.25, -0.2) is 0 Å². The molecule has 0 amide bonds. The fraction of sp³-hybridized carbons (Fsp3) is 0.200. The molecular weight excluding hydrogens is 497 g/mol. The molecule has 106 valence electrons. The number of methoxy groups -OCH3 is 1. The van der Waals surface area contributed by atoms with Gasteiger partial charge in [-0.2, -0.15) is 0 Å². The third kappa shape index (κ3) is 3.96. The highest BCUT2D eigenvalue weighted by Gasteiger charge is 2.14. The van der Waals surface area contributed by atoms with Gasteiger partial charge in [-0.3, -0.25) is 0 Å². The highest BCUT2D eigenvalue weighted by atomic mass is 127. The molecule has 5 heteroatoms. The second-order valence-corrected chi connectivity index (χ2v) is 7.43. The van der Waals surface area contributed by atoms with Gasteiger partial charge in [0.2, 0.25) is 0 Å². The number of hydrogen-bond acceptors (Lipinski definition) is 2. The van der Waals surface area contributed by atoms with E-state index in [1.165, 1.54) is 3.57 Å². The van der Waals surface area contributed by atoms with Gasteiger partial charge in [0, 0.05) is 18.6 Å². The minimum atomic E-state index is -0.0670. The van der Waals surface area contributed by atoms with Crippen LogP contribution in [0.5, 0.6) is 5.75 Å². The zero-order valence-electron chi connectivity index (χ0n) is 10.9. The Morgan fingerprint density at radius 3 is 2.50 bits per heavy atom. The van der Waals surface area contributed by atoms with Crippen LogP contribution in [0.2, 0.25) is 0 Å². The summed E-state index contributed by atoms with van der Waals surface area (Å²) in [5.74, 6) is 0.869. The SMILES string of the molecule is COc1ccc(Br)cc1CC(N)c1cc(Br)ccc1I. The minimum absolute atomic E-state index is 0.0670. The molecule has 0 fully saturated rings. The molecule has 1 unspecified atom stereocenters. The summed E-state index contributed by atoms with van der Waals surface area (Å²) in [4.78, 5) is 0. The van der Waals surface area contributed by atoms with Gasteiger partial charge in [-0.05, 0) is 76.5 Å². The Balaban J connectivity index is 2.29. The fourth-order valence-electron chi connectivity index (χ4n) is 2.05. The zero-order chi connectivity index (χ0) is 14.7. The van der Waals surface area contributed by atoms with Crippen LogP contribution in [0.15, 0.2) is 45.3 Å². The third-order valence-electron chi connectivity index (χ3n) is 3.04. The van der Waals surface area contributed by atoms with Crippen molar-refractivity contribution in [1.29, 1.82) is 0 Å². The molecule has 0 aliphatic heterocycles. The Bertz CT molecular complexity index is 619. The summed E-state index contributed by atoms with van der Waals surface area (Å²) in [7, 11) is 1.68. The first-order valence-corrected chi connectivity index (χ1v) is 8.70. The van der Waals surface area contributed by atoms with Gasteiger partial charge < -0.3 is 10.5 Å². The Hall–Kier alpha value is -0.110. The molecule has 0 bridgehead atoms. The van der Waals surface area contributed by atoms with Crippen LogP contribution in [0.1, 0.15) is 17.2 Å². The molecule has 0 aliphatic carbocycles. The number of ether oxygens (including phenoxy) is 1. The van der Waals surface area contributed by atoms with E-state index in [4.69, 9.17) is 10.5 Å². The maximum atomic E-state index is 6.37. The monoisotopic (exact) mass is 509 g/mol. The van der Waals surface area contributed by atoms with Crippen molar-refractivity contribution in [2.75, 3.05) is 7.11 Å². The fourth-order valence-corrected chi connectivity index (χ4v) is 3.58. The van der Waals surface area contributed by atoms with Crippen molar-refractivity contribution in [3.8, 4) is 5.75 Å². The number of benzene rings is 2. The normalized spacial score (nSPS) is 12.2. The number of rotatable bonds is 4. The Morgan fingerprint density at radius 2 is 1.80 bits per heavy atom. The standard InChI is InChI=1S/C15H14Br2INO/c1-20-15-5-3-10(16)6-9(15)7-14(19)12-8-11(17)2-4-13(12)18/h2-6,8,14H,7,19H2,1H3. The first-order valence-electron chi connectivity index (χ1n) is 6.04. The van der Waals surface area contributed by atoms with E-state index in [2.05, 4.69) is 72.6 Å². The molecule has 2 nitrogen and oxygen atoms in total. The molecule has 0 aliphatic rings. The summed E-state index contributed by atoms with van der Waals surface area (Å²) < 4.78 is 8.65. The van der Waals surface area contributed by atoms with Gasteiger partial charge in [0.25, 0.3) is 0 Å². The van der Waals surface area contributed by atoms with E-state index in [0.717, 1.165) is 32.2 Å². The summed E-state index contributed by atoms with van der Waals surface area (Å²) in [5.41, 5.74) is 8.62. The summed E-state index contributed by atoms with van der Waals surface area (Å²) in [6.07, 6.45) is 0.731. The predicted molar refractivity (Wildman–Crippen MR) is 98.2 cm³/mol. The van der Waals surface area contributed by atoms with Crippen molar-refractivity contribution >= 4 is 54.5 Å². The zero-order valence-corrected chi connectivity index (χ0v) is 16.2. The molecule has 2 N–H and O–H groups in total. The topological polar surface area (TPSA) is 35.2 Å².